The molecule has 7 rings (SSSR count). The summed E-state index contributed by atoms with van der Waals surface area (Å²) in [5, 5.41) is 14.0. The molecule has 51 heavy (non-hydrogen) atoms. The number of imidazole rings is 1. The van der Waals surface area contributed by atoms with Gasteiger partial charge in [-0.05, 0) is 79.0 Å². The van der Waals surface area contributed by atoms with E-state index in [1.807, 2.05) is 54.1 Å². The van der Waals surface area contributed by atoms with Gasteiger partial charge in [0.15, 0.2) is 5.82 Å². The number of fused-ring (bicyclic) bond motifs is 2. The maximum Gasteiger partial charge on any atom is 0.308 e. The highest BCUT2D eigenvalue weighted by atomic mass is 35.5. The molecule has 1 aliphatic heterocycles. The summed E-state index contributed by atoms with van der Waals surface area (Å²) in [4.78, 5) is 42.1. The van der Waals surface area contributed by atoms with Crippen LogP contribution in [0.15, 0.2) is 60.9 Å². The zero-order valence-electron chi connectivity index (χ0n) is 29.3. The van der Waals surface area contributed by atoms with Gasteiger partial charge in [0.05, 0.1) is 47.2 Å². The second-order valence-corrected chi connectivity index (χ2v) is 14.2. The third-order valence-electron chi connectivity index (χ3n) is 10.7. The summed E-state index contributed by atoms with van der Waals surface area (Å²) in [6, 6.07) is 15.7. The molecular weight excluding hydrogens is 664 g/mol. The average Bonchev–Trinajstić information content (AvgIpc) is 3.48. The highest BCUT2D eigenvalue weighted by Crippen LogP contribution is 2.37. The van der Waals surface area contributed by atoms with E-state index in [1.165, 1.54) is 7.11 Å². The Kier molecular flexibility index (Phi) is 10.2. The van der Waals surface area contributed by atoms with Gasteiger partial charge in [-0.1, -0.05) is 41.9 Å². The molecule has 2 aliphatic rings. The number of halogens is 1. The first-order valence-electron chi connectivity index (χ1n) is 17.6. The number of benzene rings is 2. The summed E-state index contributed by atoms with van der Waals surface area (Å²) in [7, 11) is 3.37. The third-order valence-corrected chi connectivity index (χ3v) is 11.1. The van der Waals surface area contributed by atoms with Crippen LogP contribution < -0.4 is 5.32 Å². The second kappa shape index (κ2) is 14.9. The lowest BCUT2D eigenvalue weighted by atomic mass is 9.81. The Labute approximate surface area is 302 Å². The van der Waals surface area contributed by atoms with Crippen molar-refractivity contribution in [2.24, 2.45) is 18.9 Å². The van der Waals surface area contributed by atoms with E-state index in [4.69, 9.17) is 21.3 Å². The van der Waals surface area contributed by atoms with Gasteiger partial charge >= 0.3 is 5.97 Å². The summed E-state index contributed by atoms with van der Waals surface area (Å²) < 4.78 is 6.86. The van der Waals surface area contributed by atoms with E-state index in [0.717, 1.165) is 101 Å². The number of aliphatic hydroxyl groups is 1. The van der Waals surface area contributed by atoms with Gasteiger partial charge in [-0.15, -0.1) is 0 Å². The molecule has 1 aliphatic carbocycles. The van der Waals surface area contributed by atoms with Crippen LogP contribution >= 0.6 is 11.6 Å². The molecule has 2 aromatic carbocycles. The van der Waals surface area contributed by atoms with Crippen molar-refractivity contribution in [3.8, 4) is 11.1 Å². The van der Waals surface area contributed by atoms with Gasteiger partial charge in [0, 0.05) is 68.6 Å². The van der Waals surface area contributed by atoms with E-state index < -0.39 is 0 Å². The molecule has 264 valence electrons. The molecule has 0 spiro atoms. The van der Waals surface area contributed by atoms with Crippen LogP contribution in [0.1, 0.15) is 70.1 Å². The van der Waals surface area contributed by atoms with Gasteiger partial charge in [0.2, 0.25) is 0 Å². The Morgan fingerprint density at radius 3 is 2.63 bits per heavy atom. The minimum absolute atomic E-state index is 0.0263. The first-order chi connectivity index (χ1) is 24.7. The summed E-state index contributed by atoms with van der Waals surface area (Å²) >= 11 is 7.04. The van der Waals surface area contributed by atoms with Crippen molar-refractivity contribution in [1.29, 1.82) is 0 Å². The number of pyridine rings is 2. The van der Waals surface area contributed by atoms with Crippen molar-refractivity contribution >= 4 is 40.1 Å². The van der Waals surface area contributed by atoms with E-state index in [9.17, 15) is 14.7 Å². The zero-order chi connectivity index (χ0) is 35.6. The quantitative estimate of drug-likeness (QED) is 0.163. The second-order valence-electron chi connectivity index (χ2n) is 13.8. The number of aromatic nitrogens is 4. The van der Waals surface area contributed by atoms with Crippen LogP contribution in [0.3, 0.4) is 0 Å². The molecule has 3 aromatic heterocycles. The van der Waals surface area contributed by atoms with Gasteiger partial charge in [-0.2, -0.15) is 0 Å². The Morgan fingerprint density at radius 2 is 1.84 bits per heavy atom. The number of anilines is 1. The number of hydrogen-bond acceptors (Lipinski definition) is 8. The summed E-state index contributed by atoms with van der Waals surface area (Å²) in [6.07, 6.45) is 8.67. The lowest BCUT2D eigenvalue weighted by Gasteiger charge is -2.33. The highest BCUT2D eigenvalue weighted by molar-refractivity contribution is 6.36. The largest absolute Gasteiger partial charge is 0.469 e. The molecule has 1 fully saturated rings. The topological polar surface area (TPSA) is 122 Å². The molecule has 10 nitrogen and oxygen atoms in total. The number of hydrogen-bond donors (Lipinski definition) is 2. The Hall–Kier alpha value is -4.64. The Morgan fingerprint density at radius 1 is 1.06 bits per heavy atom. The van der Waals surface area contributed by atoms with Crippen LogP contribution in [0, 0.1) is 18.8 Å². The van der Waals surface area contributed by atoms with Crippen LogP contribution in [0.25, 0.3) is 22.0 Å². The summed E-state index contributed by atoms with van der Waals surface area (Å²) in [5.41, 5.74) is 8.91. The Balaban J connectivity index is 1.05. The van der Waals surface area contributed by atoms with Crippen LogP contribution in [-0.2, 0) is 42.6 Å². The molecule has 11 heteroatoms. The molecule has 0 saturated heterocycles. The molecular formula is C40H43ClN6O4. The minimum atomic E-state index is -0.303. The fourth-order valence-electron chi connectivity index (χ4n) is 7.80. The molecule has 1 amide bonds. The third kappa shape index (κ3) is 7.13. The SMILES string of the molecule is COC(=O)C1CCC(CN2CCc3c(nc(C(=O)Nc4cccc(-c5cccc(Cc6nccc7cc(CO)cnc67)c5C)c4Cl)n3C)C2)CC1. The predicted octanol–water partition coefficient (Wildman–Crippen LogP) is 6.67. The lowest BCUT2D eigenvalue weighted by Crippen LogP contribution is -2.36. The fourth-order valence-corrected chi connectivity index (χ4v) is 8.07. The van der Waals surface area contributed by atoms with Crippen molar-refractivity contribution in [2.75, 3.05) is 25.5 Å². The number of carbonyl (C=O) groups excluding carboxylic acids is 2. The predicted molar refractivity (Wildman–Crippen MR) is 197 cm³/mol. The fraction of sp³-hybridized carbons (Fsp3) is 0.375. The highest BCUT2D eigenvalue weighted by Gasteiger charge is 2.31. The van der Waals surface area contributed by atoms with E-state index in [-0.39, 0.29) is 24.4 Å². The smallest absolute Gasteiger partial charge is 0.308 e. The molecule has 0 bridgehead atoms. The van der Waals surface area contributed by atoms with Gasteiger partial charge < -0.3 is 19.7 Å². The number of nitrogens with one attached hydrogen (secondary N) is 1. The first kappa shape index (κ1) is 34.8. The lowest BCUT2D eigenvalue weighted by molar-refractivity contribution is -0.146. The van der Waals surface area contributed by atoms with Gasteiger partial charge in [-0.25, -0.2) is 4.98 Å². The molecule has 2 N–H and O–H groups in total. The van der Waals surface area contributed by atoms with Crippen molar-refractivity contribution in [1.82, 2.24) is 24.4 Å². The van der Waals surface area contributed by atoms with Crippen LogP contribution in [0.4, 0.5) is 5.69 Å². The zero-order valence-corrected chi connectivity index (χ0v) is 30.0. The Bertz CT molecular complexity index is 2100. The number of methoxy groups -OCH3 is 1. The molecule has 0 atom stereocenters. The average molecular weight is 707 g/mol. The molecule has 5 aromatic rings. The number of esters is 1. The number of carbonyl (C=O) groups is 2. The van der Waals surface area contributed by atoms with Crippen LogP contribution in [0.5, 0.6) is 0 Å². The number of aliphatic hydroxyl groups excluding tert-OH is 1. The normalized spacial score (nSPS) is 17.7. The number of ether oxygens (including phenoxy) is 1. The van der Waals surface area contributed by atoms with E-state index >= 15 is 0 Å². The molecule has 0 radical (unpaired) electrons. The first-order valence-corrected chi connectivity index (χ1v) is 18.0. The monoisotopic (exact) mass is 706 g/mol. The molecule has 4 heterocycles. The summed E-state index contributed by atoms with van der Waals surface area (Å²) in [6.45, 7) is 4.59. The molecule has 1 saturated carbocycles. The van der Waals surface area contributed by atoms with Crippen LogP contribution in [0.2, 0.25) is 5.02 Å². The van der Waals surface area contributed by atoms with Crippen molar-refractivity contribution in [3.05, 3.63) is 106 Å². The number of rotatable bonds is 9. The van der Waals surface area contributed by atoms with Gasteiger partial charge in [0.25, 0.3) is 5.91 Å². The van der Waals surface area contributed by atoms with E-state index in [0.29, 0.717) is 35.4 Å². The van der Waals surface area contributed by atoms with Crippen LogP contribution in [-0.4, -0.2) is 61.6 Å². The van der Waals surface area contributed by atoms with Gasteiger partial charge in [-0.3, -0.25) is 24.5 Å². The van der Waals surface area contributed by atoms with E-state index in [1.54, 1.807) is 12.4 Å². The van der Waals surface area contributed by atoms with Crippen molar-refractivity contribution in [3.63, 3.8) is 0 Å². The number of amides is 1. The maximum atomic E-state index is 13.7. The standard InChI is InChI=1S/C40H43ClN6O4/c1-24-28(19-33-37-29(14-16-42-33)18-26(23-48)20-43-37)6-4-7-30(24)31-8-5-9-32(36(31)41)45-39(49)38-44-34-22-47(17-15-35(34)46(38)2)21-25-10-12-27(13-11-25)40(50)51-3/h4-9,14,16,18,20,25,27,48H,10-13,15,17,19,21-23H2,1-3H3,(H,45,49). The molecule has 0 unspecified atom stereocenters. The van der Waals surface area contributed by atoms with Crippen molar-refractivity contribution < 1.29 is 19.4 Å². The van der Waals surface area contributed by atoms with Crippen molar-refractivity contribution in [2.45, 2.75) is 58.6 Å². The maximum absolute atomic E-state index is 13.7. The van der Waals surface area contributed by atoms with E-state index in [2.05, 4.69) is 33.2 Å². The minimum Gasteiger partial charge on any atom is -0.469 e. The number of nitrogens with zero attached hydrogens (tertiary/aromatic N) is 5. The summed E-state index contributed by atoms with van der Waals surface area (Å²) in [5.74, 6) is 0.546. The van der Waals surface area contributed by atoms with Gasteiger partial charge in [0.1, 0.15) is 0 Å².